The molecule has 1 aromatic heterocycles. The summed E-state index contributed by atoms with van der Waals surface area (Å²) in [6, 6.07) is 6.89. The Bertz CT molecular complexity index is 408. The third kappa shape index (κ3) is 1.84. The van der Waals surface area contributed by atoms with Gasteiger partial charge in [0.15, 0.2) is 5.75 Å². The van der Waals surface area contributed by atoms with Crippen LogP contribution in [-0.2, 0) is 0 Å². The second kappa shape index (κ2) is 3.90. The van der Waals surface area contributed by atoms with Crippen LogP contribution in [0.5, 0.6) is 5.75 Å². The average Bonchev–Trinajstić information content (AvgIpc) is 2.64. The van der Waals surface area contributed by atoms with E-state index in [-0.39, 0.29) is 0 Å². The molecule has 1 heterocycles. The predicted octanol–water partition coefficient (Wildman–Crippen LogP) is 3.03. The molecule has 0 bridgehead atoms. The summed E-state index contributed by atoms with van der Waals surface area (Å²) in [4.78, 5) is 6.61. The summed E-state index contributed by atoms with van der Waals surface area (Å²) < 4.78 is 0. The smallest absolute Gasteiger partial charge is 0.194 e. The van der Waals surface area contributed by atoms with Crippen molar-refractivity contribution in [2.75, 3.05) is 0 Å². The summed E-state index contributed by atoms with van der Waals surface area (Å²) in [5, 5.41) is 4.77. The molecule has 0 spiro atoms. The molecule has 0 amide bonds. The zero-order valence-electron chi connectivity index (χ0n) is 7.02. The molecule has 0 fully saturated rings. The van der Waals surface area contributed by atoms with Gasteiger partial charge in [0, 0.05) is 0 Å². The topological polar surface area (TPSA) is 27.1 Å². The number of nitrogens with zero attached hydrogens (tertiary/aromatic N) is 2. The van der Waals surface area contributed by atoms with Crippen LogP contribution in [0.1, 0.15) is 0 Å². The SMILES string of the molecule is Clc1cccc(Cl)c1On1cccn1. The van der Waals surface area contributed by atoms with Crippen molar-refractivity contribution in [1.82, 2.24) is 9.94 Å². The average molecular weight is 229 g/mol. The highest BCUT2D eigenvalue weighted by Gasteiger charge is 2.07. The number of hydrogen-bond donors (Lipinski definition) is 0. The number of para-hydroxylation sites is 1. The van der Waals surface area contributed by atoms with Gasteiger partial charge in [-0.2, -0.15) is 0 Å². The highest BCUT2D eigenvalue weighted by molar-refractivity contribution is 6.37. The zero-order valence-corrected chi connectivity index (χ0v) is 8.53. The molecular formula is C9H6Cl2N2O. The normalized spacial score (nSPS) is 10.1. The highest BCUT2D eigenvalue weighted by atomic mass is 35.5. The van der Waals surface area contributed by atoms with Gasteiger partial charge in [-0.05, 0) is 18.2 Å². The van der Waals surface area contributed by atoms with E-state index in [1.807, 2.05) is 0 Å². The molecule has 0 N–H and O–H groups in total. The third-order valence-electron chi connectivity index (χ3n) is 1.58. The Morgan fingerprint density at radius 2 is 1.86 bits per heavy atom. The number of benzene rings is 1. The molecule has 0 aliphatic heterocycles. The van der Waals surface area contributed by atoms with Crippen molar-refractivity contribution in [3.8, 4) is 5.75 Å². The predicted molar refractivity (Wildman–Crippen MR) is 54.7 cm³/mol. The monoisotopic (exact) mass is 228 g/mol. The molecule has 0 saturated heterocycles. The Kier molecular flexibility index (Phi) is 2.61. The highest BCUT2D eigenvalue weighted by Crippen LogP contribution is 2.32. The molecule has 0 saturated carbocycles. The Balaban J connectivity index is 2.33. The first-order chi connectivity index (χ1) is 6.77. The minimum atomic E-state index is 0.402. The van der Waals surface area contributed by atoms with Gasteiger partial charge in [0.1, 0.15) is 0 Å². The zero-order chi connectivity index (χ0) is 9.97. The standard InChI is InChI=1S/C9H6Cl2N2O/c10-7-3-1-4-8(11)9(7)14-13-6-2-5-12-13/h1-6H. The fourth-order valence-electron chi connectivity index (χ4n) is 0.972. The van der Waals surface area contributed by atoms with E-state index in [9.17, 15) is 0 Å². The molecular weight excluding hydrogens is 223 g/mol. The van der Waals surface area contributed by atoms with Crippen molar-refractivity contribution in [2.24, 2.45) is 0 Å². The Morgan fingerprint density at radius 3 is 2.43 bits per heavy atom. The van der Waals surface area contributed by atoms with Gasteiger partial charge in [0.05, 0.1) is 22.4 Å². The number of halogens is 2. The van der Waals surface area contributed by atoms with Crippen molar-refractivity contribution in [1.29, 1.82) is 0 Å². The molecule has 0 unspecified atom stereocenters. The van der Waals surface area contributed by atoms with Crippen molar-refractivity contribution in [3.05, 3.63) is 46.7 Å². The summed E-state index contributed by atoms with van der Waals surface area (Å²) >= 11 is 11.8. The van der Waals surface area contributed by atoms with Crippen LogP contribution in [0.4, 0.5) is 0 Å². The van der Waals surface area contributed by atoms with E-state index < -0.39 is 0 Å². The quantitative estimate of drug-likeness (QED) is 0.791. The first-order valence-corrected chi connectivity index (χ1v) is 4.65. The second-order valence-electron chi connectivity index (χ2n) is 2.55. The van der Waals surface area contributed by atoms with Gasteiger partial charge >= 0.3 is 0 Å². The maximum Gasteiger partial charge on any atom is 0.194 e. The number of rotatable bonds is 2. The van der Waals surface area contributed by atoms with E-state index in [1.54, 1.807) is 36.7 Å². The van der Waals surface area contributed by atoms with E-state index >= 15 is 0 Å². The van der Waals surface area contributed by atoms with E-state index in [0.29, 0.717) is 15.8 Å². The van der Waals surface area contributed by atoms with Crippen LogP contribution in [0.3, 0.4) is 0 Å². The summed E-state index contributed by atoms with van der Waals surface area (Å²) in [6.07, 6.45) is 3.25. The van der Waals surface area contributed by atoms with Gasteiger partial charge in [-0.1, -0.05) is 29.3 Å². The van der Waals surface area contributed by atoms with Crippen LogP contribution in [-0.4, -0.2) is 9.94 Å². The molecule has 72 valence electrons. The van der Waals surface area contributed by atoms with Crippen LogP contribution in [0.2, 0.25) is 10.0 Å². The Hall–Kier alpha value is -1.19. The van der Waals surface area contributed by atoms with Crippen molar-refractivity contribution < 1.29 is 4.84 Å². The van der Waals surface area contributed by atoms with E-state index in [0.717, 1.165) is 0 Å². The third-order valence-corrected chi connectivity index (χ3v) is 2.18. The van der Waals surface area contributed by atoms with Crippen LogP contribution >= 0.6 is 23.2 Å². The van der Waals surface area contributed by atoms with E-state index in [2.05, 4.69) is 5.10 Å². The van der Waals surface area contributed by atoms with Gasteiger partial charge in [-0.3, -0.25) is 0 Å². The second-order valence-corrected chi connectivity index (χ2v) is 3.37. The number of aromatic nitrogens is 2. The lowest BCUT2D eigenvalue weighted by Crippen LogP contribution is -2.05. The van der Waals surface area contributed by atoms with Crippen LogP contribution in [0, 0.1) is 0 Å². The molecule has 0 aliphatic carbocycles. The van der Waals surface area contributed by atoms with Crippen molar-refractivity contribution >= 4 is 23.2 Å². The summed E-state index contributed by atoms with van der Waals surface area (Å²) in [6.45, 7) is 0. The van der Waals surface area contributed by atoms with Crippen LogP contribution < -0.4 is 4.84 Å². The number of hydrogen-bond acceptors (Lipinski definition) is 2. The molecule has 0 atom stereocenters. The molecule has 2 rings (SSSR count). The van der Waals surface area contributed by atoms with Gasteiger partial charge in [-0.15, -0.1) is 9.94 Å². The lowest BCUT2D eigenvalue weighted by atomic mass is 10.3. The van der Waals surface area contributed by atoms with E-state index in [1.165, 1.54) is 4.85 Å². The summed E-state index contributed by atoms with van der Waals surface area (Å²) in [5.74, 6) is 0.402. The van der Waals surface area contributed by atoms with Gasteiger partial charge in [-0.25, -0.2) is 0 Å². The maximum atomic E-state index is 5.90. The molecule has 3 nitrogen and oxygen atoms in total. The van der Waals surface area contributed by atoms with Crippen molar-refractivity contribution in [2.45, 2.75) is 0 Å². The minimum Gasteiger partial charge on any atom is -0.355 e. The molecule has 1 aromatic carbocycles. The maximum absolute atomic E-state index is 5.90. The van der Waals surface area contributed by atoms with Gasteiger partial charge in [0.2, 0.25) is 0 Å². The van der Waals surface area contributed by atoms with Crippen LogP contribution in [0.15, 0.2) is 36.7 Å². The van der Waals surface area contributed by atoms with Crippen molar-refractivity contribution in [3.63, 3.8) is 0 Å². The van der Waals surface area contributed by atoms with Gasteiger partial charge < -0.3 is 4.84 Å². The Morgan fingerprint density at radius 1 is 1.14 bits per heavy atom. The largest absolute Gasteiger partial charge is 0.355 e. The lowest BCUT2D eigenvalue weighted by Gasteiger charge is -2.07. The fraction of sp³-hybridized carbons (Fsp3) is 0. The minimum absolute atomic E-state index is 0.402. The molecule has 14 heavy (non-hydrogen) atoms. The summed E-state index contributed by atoms with van der Waals surface area (Å²) in [5.41, 5.74) is 0. The first kappa shape index (κ1) is 9.37. The fourth-order valence-corrected chi connectivity index (χ4v) is 1.44. The molecule has 0 aliphatic rings. The lowest BCUT2D eigenvalue weighted by molar-refractivity contribution is 0.179. The first-order valence-electron chi connectivity index (χ1n) is 3.89. The van der Waals surface area contributed by atoms with Gasteiger partial charge in [0.25, 0.3) is 0 Å². The van der Waals surface area contributed by atoms with Crippen LogP contribution in [0.25, 0.3) is 0 Å². The molecule has 2 aromatic rings. The molecule has 0 radical (unpaired) electrons. The summed E-state index contributed by atoms with van der Waals surface area (Å²) in [7, 11) is 0. The van der Waals surface area contributed by atoms with E-state index in [4.69, 9.17) is 28.0 Å². The molecule has 5 heteroatoms. The Labute approximate surface area is 90.8 Å².